The van der Waals surface area contributed by atoms with Gasteiger partial charge >= 0.3 is 0 Å². The molecule has 2 unspecified atom stereocenters. The Hall–Kier alpha value is -1.38. The summed E-state index contributed by atoms with van der Waals surface area (Å²) in [7, 11) is 0. The lowest BCUT2D eigenvalue weighted by Gasteiger charge is -2.33. The van der Waals surface area contributed by atoms with Crippen LogP contribution < -0.4 is 10.6 Å². The third-order valence-electron chi connectivity index (χ3n) is 5.75. The zero-order chi connectivity index (χ0) is 20.1. The highest BCUT2D eigenvalue weighted by atomic mass is 127. The fourth-order valence-electron chi connectivity index (χ4n) is 4.08. The fraction of sp³-hybridized carbons (Fsp3) is 0.478. The maximum atomic E-state index is 6.15. The molecule has 2 heterocycles. The molecule has 30 heavy (non-hydrogen) atoms. The number of nitrogens with zero attached hydrogens (tertiary/aromatic N) is 3. The van der Waals surface area contributed by atoms with Crippen molar-refractivity contribution in [1.29, 1.82) is 0 Å². The van der Waals surface area contributed by atoms with E-state index in [2.05, 4.69) is 56.7 Å². The number of pyridine rings is 1. The quantitative estimate of drug-likeness (QED) is 0.324. The first-order valence-corrected chi connectivity index (χ1v) is 11.0. The third-order valence-corrected chi connectivity index (χ3v) is 5.98. The van der Waals surface area contributed by atoms with Crippen molar-refractivity contribution < 1.29 is 0 Å². The lowest BCUT2D eigenvalue weighted by atomic mass is 10.0. The van der Waals surface area contributed by atoms with E-state index in [-0.39, 0.29) is 24.0 Å². The number of halogens is 2. The Balaban J connectivity index is 0.00000256. The molecule has 1 aromatic heterocycles. The first kappa shape index (κ1) is 23.3. The van der Waals surface area contributed by atoms with Gasteiger partial charge in [0, 0.05) is 55.4 Å². The van der Waals surface area contributed by atoms with Crippen LogP contribution in [0.3, 0.4) is 0 Å². The molecule has 1 saturated heterocycles. The number of piperidine rings is 1. The van der Waals surface area contributed by atoms with Crippen molar-refractivity contribution in [2.45, 2.75) is 50.7 Å². The second-order valence-electron chi connectivity index (χ2n) is 7.99. The van der Waals surface area contributed by atoms with Crippen molar-refractivity contribution in [3.8, 4) is 0 Å². The maximum Gasteiger partial charge on any atom is 0.191 e. The van der Waals surface area contributed by atoms with Crippen molar-refractivity contribution in [2.24, 2.45) is 4.99 Å². The average Bonchev–Trinajstić information content (AvgIpc) is 3.50. The number of aliphatic imine (C=N–C) groups is 1. The van der Waals surface area contributed by atoms with Gasteiger partial charge in [-0.2, -0.15) is 0 Å². The van der Waals surface area contributed by atoms with E-state index in [1.165, 1.54) is 5.56 Å². The Bertz CT molecular complexity index is 823. The molecule has 0 bridgehead atoms. The lowest BCUT2D eigenvalue weighted by molar-refractivity contribution is 0.196. The van der Waals surface area contributed by atoms with Crippen molar-refractivity contribution in [1.82, 2.24) is 20.5 Å². The van der Waals surface area contributed by atoms with Gasteiger partial charge in [-0.05, 0) is 56.0 Å². The maximum absolute atomic E-state index is 6.15. The van der Waals surface area contributed by atoms with Gasteiger partial charge in [0.1, 0.15) is 0 Å². The van der Waals surface area contributed by atoms with E-state index in [1.807, 2.05) is 24.4 Å². The van der Waals surface area contributed by atoms with Crippen LogP contribution >= 0.6 is 35.6 Å². The van der Waals surface area contributed by atoms with Crippen LogP contribution in [0, 0.1) is 0 Å². The summed E-state index contributed by atoms with van der Waals surface area (Å²) in [6.45, 7) is 5.97. The summed E-state index contributed by atoms with van der Waals surface area (Å²) in [5, 5.41) is 8.11. The second-order valence-corrected chi connectivity index (χ2v) is 8.42. The average molecular weight is 540 g/mol. The van der Waals surface area contributed by atoms with Gasteiger partial charge in [0.05, 0.1) is 5.69 Å². The van der Waals surface area contributed by atoms with Gasteiger partial charge in [0.2, 0.25) is 0 Å². The number of aromatic nitrogens is 1. The number of benzene rings is 1. The van der Waals surface area contributed by atoms with E-state index in [9.17, 15) is 0 Å². The summed E-state index contributed by atoms with van der Waals surface area (Å²) in [5.41, 5.74) is 2.46. The van der Waals surface area contributed by atoms with Crippen molar-refractivity contribution >= 4 is 41.5 Å². The zero-order valence-corrected chi connectivity index (χ0v) is 20.5. The van der Waals surface area contributed by atoms with E-state index in [0.29, 0.717) is 18.0 Å². The number of hydrogen-bond acceptors (Lipinski definition) is 3. The molecular weight excluding hydrogens is 509 g/mol. The van der Waals surface area contributed by atoms with Gasteiger partial charge < -0.3 is 10.6 Å². The Morgan fingerprint density at radius 1 is 1.17 bits per heavy atom. The molecule has 7 heteroatoms. The van der Waals surface area contributed by atoms with Gasteiger partial charge in [-0.1, -0.05) is 29.8 Å². The molecular formula is C23H31ClIN5. The normalized spacial score (nSPS) is 22.3. The fourth-order valence-corrected chi connectivity index (χ4v) is 4.28. The monoisotopic (exact) mass is 539 g/mol. The molecule has 1 aromatic carbocycles. The van der Waals surface area contributed by atoms with Gasteiger partial charge in [0.15, 0.2) is 5.96 Å². The van der Waals surface area contributed by atoms with Crippen LogP contribution in [0.15, 0.2) is 53.7 Å². The standard InChI is InChI=1S/C23H30ClN5.HI/c1-2-25-23(28-22-15-21(22)17-6-5-7-18(24)14-17)27-19-9-12-29(13-10-19)16-20-8-3-4-11-26-20;/h3-8,11,14,19,21-22H,2,9-10,12-13,15-16H2,1H3,(H2,25,27,28);1H. The molecule has 162 valence electrons. The minimum Gasteiger partial charge on any atom is -0.354 e. The third kappa shape index (κ3) is 6.56. The molecule has 2 N–H and O–H groups in total. The lowest BCUT2D eigenvalue weighted by Crippen LogP contribution is -2.49. The smallest absolute Gasteiger partial charge is 0.191 e. The summed E-state index contributed by atoms with van der Waals surface area (Å²) in [6, 6.07) is 15.3. The van der Waals surface area contributed by atoms with E-state index >= 15 is 0 Å². The molecule has 2 atom stereocenters. The second kappa shape index (κ2) is 11.3. The van der Waals surface area contributed by atoms with Gasteiger partial charge in [-0.15, -0.1) is 24.0 Å². The SMILES string of the molecule is CCN=C(NC1CCN(Cc2ccccn2)CC1)NC1CC1c1cccc(Cl)c1.I. The predicted molar refractivity (Wildman–Crippen MR) is 135 cm³/mol. The largest absolute Gasteiger partial charge is 0.354 e. The van der Waals surface area contributed by atoms with E-state index in [4.69, 9.17) is 11.6 Å². The van der Waals surface area contributed by atoms with E-state index < -0.39 is 0 Å². The molecule has 0 radical (unpaired) electrons. The van der Waals surface area contributed by atoms with Gasteiger partial charge in [0.25, 0.3) is 0 Å². The minimum absolute atomic E-state index is 0. The van der Waals surface area contributed by atoms with Crippen molar-refractivity contribution in [3.05, 3.63) is 64.9 Å². The van der Waals surface area contributed by atoms with Crippen molar-refractivity contribution in [2.75, 3.05) is 19.6 Å². The van der Waals surface area contributed by atoms with Crippen LogP contribution in [-0.2, 0) is 6.54 Å². The van der Waals surface area contributed by atoms with Crippen LogP contribution in [0.2, 0.25) is 5.02 Å². The molecule has 0 spiro atoms. The highest BCUT2D eigenvalue weighted by Crippen LogP contribution is 2.41. The summed E-state index contributed by atoms with van der Waals surface area (Å²) in [4.78, 5) is 11.6. The predicted octanol–water partition coefficient (Wildman–Crippen LogP) is 4.43. The van der Waals surface area contributed by atoms with E-state index in [0.717, 1.165) is 62.1 Å². The first-order chi connectivity index (χ1) is 14.2. The highest BCUT2D eigenvalue weighted by Gasteiger charge is 2.39. The first-order valence-electron chi connectivity index (χ1n) is 10.7. The van der Waals surface area contributed by atoms with Crippen LogP contribution in [0.1, 0.15) is 43.4 Å². The Morgan fingerprint density at radius 2 is 2.00 bits per heavy atom. The summed E-state index contributed by atoms with van der Waals surface area (Å²) >= 11 is 6.15. The highest BCUT2D eigenvalue weighted by molar-refractivity contribution is 14.0. The Kier molecular flexibility index (Phi) is 8.77. The van der Waals surface area contributed by atoms with Crippen LogP contribution in [0.5, 0.6) is 0 Å². The number of nitrogens with one attached hydrogen (secondary N) is 2. The van der Waals surface area contributed by atoms with Gasteiger partial charge in [-0.25, -0.2) is 0 Å². The topological polar surface area (TPSA) is 52.6 Å². The number of guanidine groups is 1. The molecule has 5 nitrogen and oxygen atoms in total. The number of hydrogen-bond donors (Lipinski definition) is 2. The number of rotatable bonds is 6. The Labute approximate surface area is 201 Å². The molecule has 2 fully saturated rings. The minimum atomic E-state index is 0. The summed E-state index contributed by atoms with van der Waals surface area (Å²) in [5.74, 6) is 1.47. The Morgan fingerprint density at radius 3 is 2.70 bits per heavy atom. The molecule has 1 aliphatic heterocycles. The summed E-state index contributed by atoms with van der Waals surface area (Å²) < 4.78 is 0. The van der Waals surface area contributed by atoms with Crippen LogP contribution in [0.4, 0.5) is 0 Å². The van der Waals surface area contributed by atoms with Crippen molar-refractivity contribution in [3.63, 3.8) is 0 Å². The number of likely N-dealkylation sites (tertiary alicyclic amines) is 1. The van der Waals surface area contributed by atoms with E-state index in [1.54, 1.807) is 0 Å². The molecule has 0 amide bonds. The van der Waals surface area contributed by atoms with Crippen LogP contribution in [0.25, 0.3) is 0 Å². The molecule has 1 aliphatic carbocycles. The zero-order valence-electron chi connectivity index (χ0n) is 17.4. The summed E-state index contributed by atoms with van der Waals surface area (Å²) in [6.07, 6.45) is 5.25. The molecule has 1 saturated carbocycles. The molecule has 4 rings (SSSR count). The van der Waals surface area contributed by atoms with Crippen LogP contribution in [-0.4, -0.2) is 47.6 Å². The van der Waals surface area contributed by atoms with Gasteiger partial charge in [-0.3, -0.25) is 14.9 Å². The molecule has 2 aliphatic rings. The molecule has 2 aromatic rings.